The molecule has 0 saturated heterocycles. The Kier molecular flexibility index (Phi) is 9.82. The van der Waals surface area contributed by atoms with Crippen molar-refractivity contribution in [3.05, 3.63) is 104 Å². The number of anilines is 1. The number of hydrogen-bond acceptors (Lipinski definition) is 7. The molecule has 2 atom stereocenters. The molecule has 3 heterocycles. The number of likely N-dealkylation sites (N-methyl/N-ethyl adjacent to an activating group) is 1. The summed E-state index contributed by atoms with van der Waals surface area (Å²) in [4.78, 5) is 28.6. The van der Waals surface area contributed by atoms with Crippen molar-refractivity contribution in [3.63, 3.8) is 0 Å². The van der Waals surface area contributed by atoms with Crippen LogP contribution in [-0.2, 0) is 10.8 Å². The molecule has 2 aromatic rings. The summed E-state index contributed by atoms with van der Waals surface area (Å²) in [5.41, 5.74) is 6.84. The van der Waals surface area contributed by atoms with Crippen LogP contribution in [0.1, 0.15) is 58.4 Å². The van der Waals surface area contributed by atoms with Gasteiger partial charge in [0.15, 0.2) is 11.6 Å². The van der Waals surface area contributed by atoms with Crippen molar-refractivity contribution in [2.75, 3.05) is 52.1 Å². The van der Waals surface area contributed by atoms with Crippen molar-refractivity contribution in [1.82, 2.24) is 20.1 Å². The lowest BCUT2D eigenvalue weighted by molar-refractivity contribution is 0.0827. The third-order valence-electron chi connectivity index (χ3n) is 8.18. The molecule has 1 unspecified atom stereocenters. The van der Waals surface area contributed by atoms with Gasteiger partial charge in [0.1, 0.15) is 6.67 Å². The lowest BCUT2D eigenvalue weighted by atomic mass is 9.92. The Labute approximate surface area is 267 Å². The number of carbonyl (C=O) groups is 1. The Bertz CT molecular complexity index is 1700. The van der Waals surface area contributed by atoms with Crippen LogP contribution in [-0.4, -0.2) is 78.3 Å². The van der Waals surface area contributed by atoms with E-state index in [0.717, 1.165) is 45.8 Å². The highest BCUT2D eigenvalue weighted by Crippen LogP contribution is 2.30. The predicted molar refractivity (Wildman–Crippen MR) is 183 cm³/mol. The summed E-state index contributed by atoms with van der Waals surface area (Å²) >= 11 is 0. The van der Waals surface area contributed by atoms with Gasteiger partial charge in [0, 0.05) is 63.7 Å². The van der Waals surface area contributed by atoms with Crippen LogP contribution < -0.4 is 10.2 Å². The summed E-state index contributed by atoms with van der Waals surface area (Å²) in [6.45, 7) is 5.84. The molecule has 5 rings (SSSR count). The first kappa shape index (κ1) is 32.1. The third-order valence-corrected chi connectivity index (χ3v) is 9.16. The second-order valence-corrected chi connectivity index (χ2v) is 13.2. The first-order valence-electron chi connectivity index (χ1n) is 15.1. The van der Waals surface area contributed by atoms with Crippen molar-refractivity contribution in [2.24, 2.45) is 4.99 Å². The zero-order valence-electron chi connectivity index (χ0n) is 26.8. The lowest BCUT2D eigenvalue weighted by Gasteiger charge is -2.36. The molecule has 3 aliphatic rings. The molecule has 10 heteroatoms. The van der Waals surface area contributed by atoms with Gasteiger partial charge >= 0.3 is 0 Å². The van der Waals surface area contributed by atoms with E-state index in [1.54, 1.807) is 37.5 Å². The van der Waals surface area contributed by atoms with Crippen molar-refractivity contribution in [1.29, 1.82) is 0 Å². The van der Waals surface area contributed by atoms with Crippen molar-refractivity contribution < 1.29 is 13.4 Å². The molecule has 8 nitrogen and oxygen atoms in total. The van der Waals surface area contributed by atoms with Crippen LogP contribution >= 0.6 is 0 Å². The van der Waals surface area contributed by atoms with E-state index in [4.69, 9.17) is 0 Å². The van der Waals surface area contributed by atoms with E-state index in [1.165, 1.54) is 11.6 Å². The first-order chi connectivity index (χ1) is 21.5. The summed E-state index contributed by atoms with van der Waals surface area (Å²) in [5, 5.41) is 3.54. The van der Waals surface area contributed by atoms with Crippen LogP contribution in [0.3, 0.4) is 0 Å². The normalized spacial score (nSPS) is 17.9. The molecule has 1 aliphatic carbocycles. The lowest BCUT2D eigenvalue weighted by Crippen LogP contribution is -2.40. The standard InChI is InChI=1S/C35H41FN6O2S/c1-23-16-28(24(2)39-31-10-8-7-9-11-33(31)45(6)44)27(29(17-23)35(43)40(3)4)13-12-25-18-30(36)34(38-19-25)42-15-14-26-20-37-22-41(5)32(26)21-42/h8-13,16-20,24,39H,7,14-15,21-22H2,1-6H3/b13-12+/t24-,45?/m1/s1. The van der Waals surface area contributed by atoms with Gasteiger partial charge in [-0.2, -0.15) is 0 Å². The topological polar surface area (TPSA) is 81.1 Å². The molecular formula is C35H41FN6O2S. The summed E-state index contributed by atoms with van der Waals surface area (Å²) in [6, 6.07) is 5.19. The second kappa shape index (κ2) is 13.8. The molecule has 1 amide bonds. The minimum Gasteiger partial charge on any atom is -0.378 e. The quantitative estimate of drug-likeness (QED) is 0.410. The maximum atomic E-state index is 15.5. The number of rotatable bonds is 8. The number of hydrogen-bond donors (Lipinski definition) is 1. The molecule has 2 aliphatic heterocycles. The van der Waals surface area contributed by atoms with E-state index in [2.05, 4.69) is 26.3 Å². The maximum absolute atomic E-state index is 15.5. The van der Waals surface area contributed by atoms with Crippen LogP contribution in [0.5, 0.6) is 0 Å². The molecule has 0 bridgehead atoms. The number of benzene rings is 1. The van der Waals surface area contributed by atoms with E-state index in [0.29, 0.717) is 36.7 Å². The first-order valence-corrected chi connectivity index (χ1v) is 16.6. The largest absolute Gasteiger partial charge is 0.378 e. The van der Waals surface area contributed by atoms with E-state index in [9.17, 15) is 9.00 Å². The monoisotopic (exact) mass is 628 g/mol. The molecule has 1 N–H and O–H groups in total. The average Bonchev–Trinajstić information content (AvgIpc) is 3.25. The summed E-state index contributed by atoms with van der Waals surface area (Å²) < 4.78 is 28.1. The molecule has 45 heavy (non-hydrogen) atoms. The number of amides is 1. The fraction of sp³-hybridized carbons (Fsp3) is 0.343. The minimum atomic E-state index is -1.18. The Morgan fingerprint density at radius 3 is 2.69 bits per heavy atom. The van der Waals surface area contributed by atoms with Gasteiger partial charge in [0.2, 0.25) is 0 Å². The van der Waals surface area contributed by atoms with Crippen LogP contribution in [0, 0.1) is 12.7 Å². The van der Waals surface area contributed by atoms with Gasteiger partial charge in [-0.1, -0.05) is 30.4 Å². The van der Waals surface area contributed by atoms with E-state index in [-0.39, 0.29) is 11.9 Å². The Hall–Kier alpha value is -4.31. The third kappa shape index (κ3) is 7.17. The second-order valence-electron chi connectivity index (χ2n) is 11.9. The molecule has 0 spiro atoms. The summed E-state index contributed by atoms with van der Waals surface area (Å²) in [5.74, 6) is -0.193. The number of carbonyl (C=O) groups excluding carboxylic acids is 1. The summed E-state index contributed by atoms with van der Waals surface area (Å²) in [6.07, 6.45) is 18.3. The Morgan fingerprint density at radius 2 is 1.96 bits per heavy atom. The van der Waals surface area contributed by atoms with Gasteiger partial charge in [-0.25, -0.2) is 9.37 Å². The number of nitrogens with one attached hydrogen (secondary N) is 1. The number of halogens is 1. The molecule has 1 aromatic heterocycles. The maximum Gasteiger partial charge on any atom is 0.253 e. The Morgan fingerprint density at radius 1 is 1.18 bits per heavy atom. The van der Waals surface area contributed by atoms with Gasteiger partial charge in [0.05, 0.1) is 27.9 Å². The van der Waals surface area contributed by atoms with E-state index < -0.39 is 16.6 Å². The molecule has 1 aromatic carbocycles. The van der Waals surface area contributed by atoms with Gasteiger partial charge in [-0.15, -0.1) is 0 Å². The molecule has 236 valence electrons. The molecule has 0 fully saturated rings. The van der Waals surface area contributed by atoms with Crippen molar-refractivity contribution >= 4 is 40.9 Å². The smallest absolute Gasteiger partial charge is 0.253 e. The van der Waals surface area contributed by atoms with E-state index >= 15 is 4.39 Å². The van der Waals surface area contributed by atoms with Crippen molar-refractivity contribution in [3.8, 4) is 0 Å². The number of nitrogens with zero attached hydrogens (tertiary/aromatic N) is 5. The number of pyridine rings is 1. The van der Waals surface area contributed by atoms with Gasteiger partial charge in [-0.05, 0) is 78.8 Å². The highest BCUT2D eigenvalue weighted by molar-refractivity contribution is 7.88. The number of aromatic nitrogens is 1. The van der Waals surface area contributed by atoms with E-state index in [1.807, 2.05) is 68.5 Å². The number of aliphatic imine (C=N–C) groups is 1. The zero-order chi connectivity index (χ0) is 32.2. The number of aryl methyl sites for hydroxylation is 1. The minimum absolute atomic E-state index is 0.130. The van der Waals surface area contributed by atoms with Crippen LogP contribution in [0.2, 0.25) is 0 Å². The van der Waals surface area contributed by atoms with Crippen molar-refractivity contribution in [2.45, 2.75) is 32.7 Å². The highest BCUT2D eigenvalue weighted by atomic mass is 32.2. The van der Waals surface area contributed by atoms with Crippen LogP contribution in [0.4, 0.5) is 10.2 Å². The zero-order valence-corrected chi connectivity index (χ0v) is 27.6. The van der Waals surface area contributed by atoms with Crippen LogP contribution in [0.15, 0.2) is 75.6 Å². The highest BCUT2D eigenvalue weighted by Gasteiger charge is 2.25. The van der Waals surface area contributed by atoms with Gasteiger partial charge in [-0.3, -0.25) is 14.0 Å². The molecule has 0 radical (unpaired) electrons. The van der Waals surface area contributed by atoms with Gasteiger partial charge < -0.3 is 20.0 Å². The predicted octanol–water partition coefficient (Wildman–Crippen LogP) is 5.60. The molecular weight excluding hydrogens is 587 g/mol. The number of allylic oxidation sites excluding steroid dienone is 4. The average molecular weight is 629 g/mol. The fourth-order valence-corrected chi connectivity index (χ4v) is 6.56. The van der Waals surface area contributed by atoms with Gasteiger partial charge in [0.25, 0.3) is 5.91 Å². The Balaban J connectivity index is 1.48. The fourth-order valence-electron chi connectivity index (χ4n) is 5.83. The summed E-state index contributed by atoms with van der Waals surface area (Å²) in [7, 11) is 4.27. The van der Waals surface area contributed by atoms with Crippen LogP contribution in [0.25, 0.3) is 12.2 Å². The SMILES string of the molecule is Cc1cc(C(=O)N(C)C)c(/C=C/c2cnc(N3CCC4=C(C3)N(C)CN=C4)c(F)c2)c([C@@H](C)NC2=C(S(C)=O)C=CCC=C2)c1. The molecule has 0 saturated carbocycles.